The third kappa shape index (κ3) is 2.29. The number of aromatic amines is 1. The summed E-state index contributed by atoms with van der Waals surface area (Å²) in [7, 11) is 1.33. The zero-order valence-electron chi connectivity index (χ0n) is 6.89. The maximum absolute atomic E-state index is 10.9. The molecule has 1 N–H and O–H groups in total. The predicted molar refractivity (Wildman–Crippen MR) is 41.1 cm³/mol. The van der Waals surface area contributed by atoms with E-state index in [0.29, 0.717) is 17.0 Å². The third-order valence-electron chi connectivity index (χ3n) is 1.40. The smallest absolute Gasteiger partial charge is 0.338 e. The van der Waals surface area contributed by atoms with Crippen molar-refractivity contribution in [2.24, 2.45) is 0 Å². The van der Waals surface area contributed by atoms with Crippen LogP contribution in [0.3, 0.4) is 0 Å². The summed E-state index contributed by atoms with van der Waals surface area (Å²) >= 11 is 0. The third-order valence-corrected chi connectivity index (χ3v) is 1.40. The Kier molecular flexibility index (Phi) is 4.42. The maximum Gasteiger partial charge on any atom is 0.338 e. The van der Waals surface area contributed by atoms with Crippen LogP contribution in [0.5, 0.6) is 0 Å². The maximum atomic E-state index is 10.9. The van der Waals surface area contributed by atoms with Crippen molar-refractivity contribution in [1.82, 2.24) is 4.98 Å². The van der Waals surface area contributed by atoms with Crippen molar-refractivity contribution in [3.63, 3.8) is 0 Å². The summed E-state index contributed by atoms with van der Waals surface area (Å²) in [6.07, 6.45) is 0. The molecule has 1 radical (unpaired) electrons. The van der Waals surface area contributed by atoms with Crippen molar-refractivity contribution in [3.05, 3.63) is 36.9 Å². The van der Waals surface area contributed by atoms with Gasteiger partial charge >= 0.3 is 5.97 Å². The van der Waals surface area contributed by atoms with Gasteiger partial charge in [-0.05, 0) is 0 Å². The number of rotatable bonds is 1. The molecule has 0 atom stereocenters. The van der Waals surface area contributed by atoms with Gasteiger partial charge in [-0.25, -0.2) is 16.6 Å². The number of esters is 1. The predicted octanol–water partition coefficient (Wildman–Crippen LogP) is 1.16. The van der Waals surface area contributed by atoms with Gasteiger partial charge in [-0.1, -0.05) is 0 Å². The van der Waals surface area contributed by atoms with Crippen LogP contribution in [0.25, 0.3) is 0 Å². The molecule has 0 saturated carbocycles. The van der Waals surface area contributed by atoms with E-state index < -0.39 is 5.97 Å². The molecule has 0 aliphatic carbocycles. The van der Waals surface area contributed by atoms with Crippen molar-refractivity contribution in [2.75, 3.05) is 7.11 Å². The number of methoxy groups -OCH3 is 1. The fraction of sp³-hybridized carbons (Fsp3) is 0.125. The second-order valence-electron chi connectivity index (χ2n) is 2.18. The van der Waals surface area contributed by atoms with E-state index in [1.165, 1.54) is 7.11 Å². The van der Waals surface area contributed by atoms with Crippen LogP contribution in [0.4, 0.5) is 0 Å². The zero-order valence-corrected chi connectivity index (χ0v) is 9.72. The molecule has 1 aromatic rings. The van der Waals surface area contributed by atoms with Crippen molar-refractivity contribution in [1.29, 1.82) is 0 Å². The number of nitrogens with one attached hydrogen (secondary N) is 1. The van der Waals surface area contributed by atoms with Crippen LogP contribution in [0.2, 0.25) is 0 Å². The fourth-order valence-corrected chi connectivity index (χ4v) is 0.760. The Labute approximate surface area is 96.8 Å². The zero-order chi connectivity index (χ0) is 8.43. The molecule has 1 aromatic heterocycles. The normalized spacial score (nSPS) is 8.75. The summed E-state index contributed by atoms with van der Waals surface area (Å²) in [6, 6.07) is 1.61. The number of aromatic nitrogens is 1. The molecule has 0 amide bonds. The monoisotopic (exact) mass is 240 g/mol. The van der Waals surface area contributed by atoms with Gasteiger partial charge in [-0.3, -0.25) is 13.8 Å². The van der Waals surface area contributed by atoms with E-state index >= 15 is 0 Å². The van der Waals surface area contributed by atoms with E-state index in [9.17, 15) is 4.79 Å². The van der Waals surface area contributed by atoms with Crippen molar-refractivity contribution in [3.8, 4) is 0 Å². The average Bonchev–Trinajstić information content (AvgIpc) is 2.31. The second kappa shape index (κ2) is 4.58. The Balaban J connectivity index is 0.00000121. The molecule has 0 bridgehead atoms. The molecule has 1 heterocycles. The van der Waals surface area contributed by atoms with Crippen molar-refractivity contribution in [2.45, 2.75) is 0 Å². The van der Waals surface area contributed by atoms with Crippen LogP contribution in [0, 0.1) is 13.8 Å². The van der Waals surface area contributed by atoms with Crippen LogP contribution >= 0.6 is 0 Å². The molecule has 63 valence electrons. The van der Waals surface area contributed by atoms with E-state index in [0.717, 1.165) is 0 Å². The van der Waals surface area contributed by atoms with E-state index in [1.54, 1.807) is 6.07 Å². The SMILES string of the molecule is [CH2-]c1cc(C(=O)OC)[nH]c1[CH2-].[Y]. The van der Waals surface area contributed by atoms with Gasteiger partial charge in [-0.2, -0.15) is 0 Å². The van der Waals surface area contributed by atoms with Gasteiger partial charge < -0.3 is 15.3 Å². The number of ether oxygens (including phenoxy) is 1. The van der Waals surface area contributed by atoms with E-state index in [-0.39, 0.29) is 32.7 Å². The minimum atomic E-state index is -0.398. The molecule has 12 heavy (non-hydrogen) atoms. The fourth-order valence-electron chi connectivity index (χ4n) is 0.760. The van der Waals surface area contributed by atoms with Gasteiger partial charge in [0.05, 0.1) is 7.11 Å². The molecular weight excluding hydrogens is 231 g/mol. The first-order valence-electron chi connectivity index (χ1n) is 3.10. The van der Waals surface area contributed by atoms with E-state index in [1.807, 2.05) is 0 Å². The van der Waals surface area contributed by atoms with Gasteiger partial charge in [0.2, 0.25) is 0 Å². The topological polar surface area (TPSA) is 42.1 Å². The second-order valence-corrected chi connectivity index (χ2v) is 2.18. The van der Waals surface area contributed by atoms with E-state index in [4.69, 9.17) is 0 Å². The molecule has 0 spiro atoms. The Morgan fingerprint density at radius 1 is 1.58 bits per heavy atom. The summed E-state index contributed by atoms with van der Waals surface area (Å²) in [4.78, 5) is 13.6. The average molecular weight is 240 g/mol. The number of H-pyrrole nitrogens is 1. The largest absolute Gasteiger partial charge is 0.465 e. The van der Waals surface area contributed by atoms with Gasteiger partial charge in [0.1, 0.15) is 0 Å². The van der Waals surface area contributed by atoms with Crippen LogP contribution in [0.15, 0.2) is 6.07 Å². The van der Waals surface area contributed by atoms with Crippen molar-refractivity contribution >= 4 is 5.97 Å². The molecule has 4 heteroatoms. The number of hydrogen-bond acceptors (Lipinski definition) is 2. The minimum absolute atomic E-state index is 0. The van der Waals surface area contributed by atoms with Gasteiger partial charge in [-0.15, -0.1) is 0 Å². The molecule has 1 rings (SSSR count). The standard InChI is InChI=1S/C8H9NO2.Y/c1-5-4-7(8(10)11-3)9-6(5)2;/h4,9H,1-2H2,3H3;/q-2;. The first kappa shape index (κ1) is 11.6. The Bertz CT molecular complexity index is 261. The molecule has 0 fully saturated rings. The molecule has 3 nitrogen and oxygen atoms in total. The summed E-state index contributed by atoms with van der Waals surface area (Å²) in [5, 5.41) is 0. The van der Waals surface area contributed by atoms with Crippen LogP contribution < -0.4 is 0 Å². The molecule has 0 aliphatic rings. The van der Waals surface area contributed by atoms with Gasteiger partial charge in [0.15, 0.2) is 0 Å². The first-order valence-corrected chi connectivity index (χ1v) is 3.10. The minimum Gasteiger partial charge on any atom is -0.465 e. The molecule has 0 saturated heterocycles. The Hall–Kier alpha value is -0.406. The van der Waals surface area contributed by atoms with Crippen LogP contribution in [-0.2, 0) is 37.4 Å². The number of carbonyl (C=O) groups is 1. The summed E-state index contributed by atoms with van der Waals surface area (Å²) in [5.41, 5.74) is 1.75. The molecular formula is C8H9NO2Y-2. The van der Waals surface area contributed by atoms with Gasteiger partial charge in [0.25, 0.3) is 0 Å². The molecule has 0 unspecified atom stereocenters. The summed E-state index contributed by atoms with van der Waals surface area (Å²) < 4.78 is 4.48. The molecule has 0 aliphatic heterocycles. The quantitative estimate of drug-likeness (QED) is 0.591. The first-order chi connectivity index (χ1) is 5.15. The Morgan fingerprint density at radius 2 is 2.17 bits per heavy atom. The van der Waals surface area contributed by atoms with Crippen LogP contribution in [-0.4, -0.2) is 18.1 Å². The Morgan fingerprint density at radius 3 is 2.50 bits per heavy atom. The molecule has 0 aromatic carbocycles. The number of hydrogen-bond donors (Lipinski definition) is 1. The van der Waals surface area contributed by atoms with Crippen LogP contribution in [0.1, 0.15) is 21.7 Å². The number of carbonyl (C=O) groups excluding carboxylic acids is 1. The van der Waals surface area contributed by atoms with Crippen molar-refractivity contribution < 1.29 is 42.2 Å². The van der Waals surface area contributed by atoms with Gasteiger partial charge in [0, 0.05) is 38.4 Å². The van der Waals surface area contributed by atoms with E-state index in [2.05, 4.69) is 23.6 Å². The summed E-state index contributed by atoms with van der Waals surface area (Å²) in [5.74, 6) is -0.398. The summed E-state index contributed by atoms with van der Waals surface area (Å²) in [6.45, 7) is 7.29.